The van der Waals surface area contributed by atoms with Crippen molar-refractivity contribution in [2.75, 3.05) is 26.2 Å². The fraction of sp³-hybridized carbons (Fsp3) is 0.538. The molecule has 1 aliphatic heterocycles. The van der Waals surface area contributed by atoms with Crippen molar-refractivity contribution in [1.82, 2.24) is 10.2 Å². The SMILES string of the molecule is Cc1ccc(CO)c(CN2CCNCC2)c1. The second kappa shape index (κ2) is 5.43. The molecule has 3 nitrogen and oxygen atoms in total. The quantitative estimate of drug-likeness (QED) is 0.794. The summed E-state index contributed by atoms with van der Waals surface area (Å²) in [5.41, 5.74) is 3.59. The predicted molar refractivity (Wildman–Crippen MR) is 65.2 cm³/mol. The van der Waals surface area contributed by atoms with Crippen molar-refractivity contribution in [2.45, 2.75) is 20.1 Å². The van der Waals surface area contributed by atoms with Gasteiger partial charge in [0.1, 0.15) is 0 Å². The summed E-state index contributed by atoms with van der Waals surface area (Å²) in [4.78, 5) is 2.43. The smallest absolute Gasteiger partial charge is 0.0685 e. The van der Waals surface area contributed by atoms with E-state index in [2.05, 4.69) is 29.3 Å². The predicted octanol–water partition coefficient (Wildman–Crippen LogP) is 0.893. The van der Waals surface area contributed by atoms with E-state index in [0.717, 1.165) is 38.3 Å². The van der Waals surface area contributed by atoms with Crippen LogP contribution < -0.4 is 5.32 Å². The Morgan fingerprint density at radius 3 is 2.69 bits per heavy atom. The van der Waals surface area contributed by atoms with Gasteiger partial charge in [-0.3, -0.25) is 4.90 Å². The molecule has 1 saturated heterocycles. The molecule has 0 amide bonds. The number of benzene rings is 1. The minimum Gasteiger partial charge on any atom is -0.392 e. The van der Waals surface area contributed by atoms with Gasteiger partial charge in [0.05, 0.1) is 6.61 Å². The first-order chi connectivity index (χ1) is 7.79. The summed E-state index contributed by atoms with van der Waals surface area (Å²) in [5.74, 6) is 0. The second-order valence-electron chi connectivity index (χ2n) is 4.46. The lowest BCUT2D eigenvalue weighted by Gasteiger charge is -2.28. The van der Waals surface area contributed by atoms with Crippen molar-refractivity contribution < 1.29 is 5.11 Å². The summed E-state index contributed by atoms with van der Waals surface area (Å²) in [5, 5.41) is 12.7. The lowest BCUT2D eigenvalue weighted by Crippen LogP contribution is -2.43. The van der Waals surface area contributed by atoms with Crippen LogP contribution in [0.3, 0.4) is 0 Å². The molecule has 2 N–H and O–H groups in total. The Balaban J connectivity index is 2.09. The standard InChI is InChI=1S/C13H20N2O/c1-11-2-3-12(10-16)13(8-11)9-15-6-4-14-5-7-15/h2-3,8,14,16H,4-7,9-10H2,1H3. The van der Waals surface area contributed by atoms with Gasteiger partial charge in [0, 0.05) is 32.7 Å². The average molecular weight is 220 g/mol. The van der Waals surface area contributed by atoms with Gasteiger partial charge in [-0.15, -0.1) is 0 Å². The van der Waals surface area contributed by atoms with Gasteiger partial charge in [-0.2, -0.15) is 0 Å². The van der Waals surface area contributed by atoms with E-state index >= 15 is 0 Å². The van der Waals surface area contributed by atoms with E-state index in [1.165, 1.54) is 11.1 Å². The van der Waals surface area contributed by atoms with Gasteiger partial charge in [0.15, 0.2) is 0 Å². The molecule has 0 saturated carbocycles. The highest BCUT2D eigenvalue weighted by molar-refractivity contribution is 5.31. The van der Waals surface area contributed by atoms with Crippen LogP contribution in [0.15, 0.2) is 18.2 Å². The maximum Gasteiger partial charge on any atom is 0.0685 e. The van der Waals surface area contributed by atoms with Crippen LogP contribution >= 0.6 is 0 Å². The van der Waals surface area contributed by atoms with Crippen LogP contribution in [0.1, 0.15) is 16.7 Å². The third-order valence-electron chi connectivity index (χ3n) is 3.14. The lowest BCUT2D eigenvalue weighted by atomic mass is 10.0. The normalized spacial score (nSPS) is 17.6. The molecule has 0 radical (unpaired) electrons. The van der Waals surface area contributed by atoms with Crippen molar-refractivity contribution in [1.29, 1.82) is 0 Å². The van der Waals surface area contributed by atoms with Gasteiger partial charge in [-0.05, 0) is 18.1 Å². The van der Waals surface area contributed by atoms with Gasteiger partial charge in [-0.25, -0.2) is 0 Å². The molecule has 16 heavy (non-hydrogen) atoms. The molecule has 0 unspecified atom stereocenters. The zero-order valence-electron chi connectivity index (χ0n) is 9.87. The largest absolute Gasteiger partial charge is 0.392 e. The Labute approximate surface area is 97.1 Å². The second-order valence-corrected chi connectivity index (χ2v) is 4.46. The molecular formula is C13H20N2O. The molecule has 0 aliphatic carbocycles. The Bertz CT molecular complexity index is 346. The van der Waals surface area contributed by atoms with Crippen molar-refractivity contribution in [3.8, 4) is 0 Å². The van der Waals surface area contributed by atoms with E-state index in [1.807, 2.05) is 6.07 Å². The molecule has 3 heteroatoms. The molecule has 1 fully saturated rings. The minimum absolute atomic E-state index is 0.141. The summed E-state index contributed by atoms with van der Waals surface area (Å²) in [7, 11) is 0. The zero-order chi connectivity index (χ0) is 11.4. The van der Waals surface area contributed by atoms with Gasteiger partial charge in [0.2, 0.25) is 0 Å². The minimum atomic E-state index is 0.141. The molecule has 0 bridgehead atoms. The van der Waals surface area contributed by atoms with E-state index in [4.69, 9.17) is 0 Å². The van der Waals surface area contributed by atoms with E-state index in [1.54, 1.807) is 0 Å². The topological polar surface area (TPSA) is 35.5 Å². The number of aliphatic hydroxyl groups is 1. The lowest BCUT2D eigenvalue weighted by molar-refractivity contribution is 0.228. The molecule has 0 atom stereocenters. The van der Waals surface area contributed by atoms with Gasteiger partial charge in [-0.1, -0.05) is 23.8 Å². The van der Waals surface area contributed by atoms with Crippen molar-refractivity contribution >= 4 is 0 Å². The first kappa shape index (κ1) is 11.6. The number of piperazine rings is 1. The van der Waals surface area contributed by atoms with E-state index in [-0.39, 0.29) is 6.61 Å². The van der Waals surface area contributed by atoms with Crippen LogP contribution in [0.5, 0.6) is 0 Å². The monoisotopic (exact) mass is 220 g/mol. The van der Waals surface area contributed by atoms with Crippen LogP contribution in [0, 0.1) is 6.92 Å². The van der Waals surface area contributed by atoms with Crippen LogP contribution in [-0.4, -0.2) is 36.2 Å². The molecule has 88 valence electrons. The van der Waals surface area contributed by atoms with Crippen LogP contribution in [0.25, 0.3) is 0 Å². The maximum absolute atomic E-state index is 9.31. The number of hydrogen-bond donors (Lipinski definition) is 2. The molecule has 1 aromatic rings. The Morgan fingerprint density at radius 2 is 2.00 bits per heavy atom. The third-order valence-corrected chi connectivity index (χ3v) is 3.14. The Kier molecular flexibility index (Phi) is 3.93. The number of hydrogen-bond acceptors (Lipinski definition) is 3. The van der Waals surface area contributed by atoms with E-state index in [0.29, 0.717) is 0 Å². The third kappa shape index (κ3) is 2.82. The Morgan fingerprint density at radius 1 is 1.25 bits per heavy atom. The first-order valence-corrected chi connectivity index (χ1v) is 5.92. The first-order valence-electron chi connectivity index (χ1n) is 5.92. The molecular weight excluding hydrogens is 200 g/mol. The summed E-state index contributed by atoms with van der Waals surface area (Å²) < 4.78 is 0. The van der Waals surface area contributed by atoms with Gasteiger partial charge in [0.25, 0.3) is 0 Å². The summed E-state index contributed by atoms with van der Waals surface area (Å²) in [6.07, 6.45) is 0. The van der Waals surface area contributed by atoms with Crippen molar-refractivity contribution in [2.24, 2.45) is 0 Å². The Hall–Kier alpha value is -0.900. The van der Waals surface area contributed by atoms with Crippen LogP contribution in [-0.2, 0) is 13.2 Å². The number of rotatable bonds is 3. The van der Waals surface area contributed by atoms with E-state index in [9.17, 15) is 5.11 Å². The van der Waals surface area contributed by atoms with Crippen LogP contribution in [0.2, 0.25) is 0 Å². The summed E-state index contributed by atoms with van der Waals surface area (Å²) >= 11 is 0. The highest BCUT2D eigenvalue weighted by Gasteiger charge is 2.11. The highest BCUT2D eigenvalue weighted by atomic mass is 16.3. The maximum atomic E-state index is 9.31. The average Bonchev–Trinajstić information content (AvgIpc) is 2.31. The number of aryl methyl sites for hydroxylation is 1. The van der Waals surface area contributed by atoms with Crippen molar-refractivity contribution in [3.63, 3.8) is 0 Å². The van der Waals surface area contributed by atoms with E-state index < -0.39 is 0 Å². The molecule has 0 aromatic heterocycles. The van der Waals surface area contributed by atoms with Gasteiger partial charge >= 0.3 is 0 Å². The fourth-order valence-corrected chi connectivity index (χ4v) is 2.17. The van der Waals surface area contributed by atoms with Gasteiger partial charge < -0.3 is 10.4 Å². The van der Waals surface area contributed by atoms with Crippen molar-refractivity contribution in [3.05, 3.63) is 34.9 Å². The number of aliphatic hydroxyl groups excluding tert-OH is 1. The molecule has 1 heterocycles. The summed E-state index contributed by atoms with van der Waals surface area (Å²) in [6.45, 7) is 7.53. The highest BCUT2D eigenvalue weighted by Crippen LogP contribution is 2.14. The fourth-order valence-electron chi connectivity index (χ4n) is 2.17. The van der Waals surface area contributed by atoms with Crippen LogP contribution in [0.4, 0.5) is 0 Å². The molecule has 1 aliphatic rings. The number of nitrogens with one attached hydrogen (secondary N) is 1. The molecule has 1 aromatic carbocycles. The molecule has 2 rings (SSSR count). The molecule has 0 spiro atoms. The summed E-state index contributed by atoms with van der Waals surface area (Å²) in [6, 6.07) is 6.28. The zero-order valence-corrected chi connectivity index (χ0v) is 9.87. The number of nitrogens with zero attached hydrogens (tertiary/aromatic N) is 1.